The Morgan fingerprint density at radius 3 is 2.62 bits per heavy atom. The Bertz CT molecular complexity index is 800. The highest BCUT2D eigenvalue weighted by Crippen LogP contribution is 2.21. The predicted molar refractivity (Wildman–Crippen MR) is 97.2 cm³/mol. The lowest BCUT2D eigenvalue weighted by Gasteiger charge is -2.11. The number of nitrogens with zero attached hydrogens (tertiary/aromatic N) is 1. The first-order valence-corrected chi connectivity index (χ1v) is 7.76. The van der Waals surface area contributed by atoms with Crippen LogP contribution >= 0.6 is 23.8 Å². The van der Waals surface area contributed by atoms with E-state index >= 15 is 0 Å². The van der Waals surface area contributed by atoms with Crippen molar-refractivity contribution in [1.82, 2.24) is 5.32 Å². The summed E-state index contributed by atoms with van der Waals surface area (Å²) in [5.74, 6) is 0.205. The molecule has 7 heteroatoms. The van der Waals surface area contributed by atoms with Crippen molar-refractivity contribution in [3.63, 3.8) is 0 Å². The number of nitriles is 1. The van der Waals surface area contributed by atoms with Crippen LogP contribution in [0.4, 0.5) is 5.69 Å². The normalized spacial score (nSPS) is 9.71. The standard InChI is InChI=1S/C17H14ClN3O2S/c1-11-8-13(18)4-7-15(11)23-10-16(22)21-17(24)20-14-5-2-12(9-19)3-6-14/h2-8H,10H2,1H3,(H2,20,21,22,24). The number of nitrogens with one attached hydrogen (secondary N) is 2. The van der Waals surface area contributed by atoms with Crippen molar-refractivity contribution in [2.75, 3.05) is 11.9 Å². The number of ether oxygens (including phenoxy) is 1. The summed E-state index contributed by atoms with van der Waals surface area (Å²) in [5.41, 5.74) is 2.06. The number of carbonyl (C=O) groups excluding carboxylic acids is 1. The number of aryl methyl sites for hydroxylation is 1. The Hall–Kier alpha value is -2.62. The van der Waals surface area contributed by atoms with Gasteiger partial charge in [0.1, 0.15) is 5.75 Å². The molecule has 0 bridgehead atoms. The Morgan fingerprint density at radius 2 is 2.00 bits per heavy atom. The van der Waals surface area contributed by atoms with Crippen molar-refractivity contribution in [2.45, 2.75) is 6.92 Å². The molecule has 0 spiro atoms. The largest absolute Gasteiger partial charge is 0.483 e. The second-order valence-corrected chi connectivity index (χ2v) is 5.73. The number of halogens is 1. The highest BCUT2D eigenvalue weighted by atomic mass is 35.5. The Morgan fingerprint density at radius 1 is 1.29 bits per heavy atom. The van der Waals surface area contributed by atoms with Gasteiger partial charge in [0.25, 0.3) is 5.91 Å². The van der Waals surface area contributed by atoms with E-state index in [2.05, 4.69) is 10.6 Å². The summed E-state index contributed by atoms with van der Waals surface area (Å²) < 4.78 is 5.44. The molecule has 0 atom stereocenters. The number of thiocarbonyl (C=S) groups is 1. The van der Waals surface area contributed by atoms with Crippen molar-refractivity contribution < 1.29 is 9.53 Å². The lowest BCUT2D eigenvalue weighted by Crippen LogP contribution is -2.37. The second-order valence-electron chi connectivity index (χ2n) is 4.89. The zero-order valence-electron chi connectivity index (χ0n) is 12.8. The van der Waals surface area contributed by atoms with E-state index in [1.807, 2.05) is 13.0 Å². The molecule has 2 N–H and O–H groups in total. The second kappa shape index (κ2) is 8.29. The van der Waals surface area contributed by atoms with Gasteiger partial charge in [-0.1, -0.05) is 11.6 Å². The molecule has 1 amide bonds. The van der Waals surface area contributed by atoms with Crippen LogP contribution in [0.2, 0.25) is 5.02 Å². The topological polar surface area (TPSA) is 74.2 Å². The fraction of sp³-hybridized carbons (Fsp3) is 0.118. The fourth-order valence-corrected chi connectivity index (χ4v) is 2.33. The predicted octanol–water partition coefficient (Wildman–Crippen LogP) is 3.41. The van der Waals surface area contributed by atoms with E-state index in [9.17, 15) is 4.79 Å². The molecule has 0 aliphatic rings. The van der Waals surface area contributed by atoms with Gasteiger partial charge in [0, 0.05) is 10.7 Å². The lowest BCUT2D eigenvalue weighted by atomic mass is 10.2. The van der Waals surface area contributed by atoms with Gasteiger partial charge in [-0.05, 0) is 67.2 Å². The number of hydrogen-bond donors (Lipinski definition) is 2. The molecule has 0 aromatic heterocycles. The molecule has 0 aliphatic carbocycles. The minimum Gasteiger partial charge on any atom is -0.483 e. The molecular weight excluding hydrogens is 346 g/mol. The quantitative estimate of drug-likeness (QED) is 0.818. The summed E-state index contributed by atoms with van der Waals surface area (Å²) in [5, 5.41) is 14.9. The molecule has 0 aliphatic heterocycles. The smallest absolute Gasteiger partial charge is 0.264 e. The van der Waals surface area contributed by atoms with Gasteiger partial charge in [0.2, 0.25) is 0 Å². The summed E-state index contributed by atoms with van der Waals surface area (Å²) >= 11 is 10.9. The van der Waals surface area contributed by atoms with Crippen LogP contribution in [-0.4, -0.2) is 17.6 Å². The van der Waals surface area contributed by atoms with E-state index in [1.165, 1.54) is 0 Å². The number of anilines is 1. The Balaban J connectivity index is 1.83. The first-order chi connectivity index (χ1) is 11.5. The van der Waals surface area contributed by atoms with Gasteiger partial charge in [-0.15, -0.1) is 0 Å². The molecule has 2 aromatic carbocycles. The summed E-state index contributed by atoms with van der Waals surface area (Å²) in [6.07, 6.45) is 0. The first-order valence-electron chi connectivity index (χ1n) is 6.98. The van der Waals surface area contributed by atoms with Crippen LogP contribution in [0.15, 0.2) is 42.5 Å². The maximum absolute atomic E-state index is 11.9. The zero-order valence-corrected chi connectivity index (χ0v) is 14.4. The Kier molecular flexibility index (Phi) is 6.13. The zero-order chi connectivity index (χ0) is 17.5. The van der Waals surface area contributed by atoms with Crippen LogP contribution in [0, 0.1) is 18.3 Å². The van der Waals surface area contributed by atoms with Crippen molar-refractivity contribution in [1.29, 1.82) is 5.26 Å². The van der Waals surface area contributed by atoms with Gasteiger partial charge in [-0.2, -0.15) is 5.26 Å². The van der Waals surface area contributed by atoms with Crippen molar-refractivity contribution in [3.8, 4) is 11.8 Å². The van der Waals surface area contributed by atoms with E-state index in [4.69, 9.17) is 33.8 Å². The molecule has 24 heavy (non-hydrogen) atoms. The molecule has 2 rings (SSSR count). The van der Waals surface area contributed by atoms with E-state index < -0.39 is 0 Å². The number of hydrogen-bond acceptors (Lipinski definition) is 4. The van der Waals surface area contributed by atoms with E-state index in [0.29, 0.717) is 22.0 Å². The van der Waals surface area contributed by atoms with Crippen LogP contribution < -0.4 is 15.4 Å². The van der Waals surface area contributed by atoms with E-state index in [1.54, 1.807) is 42.5 Å². The van der Waals surface area contributed by atoms with Gasteiger partial charge in [-0.25, -0.2) is 0 Å². The molecule has 122 valence electrons. The van der Waals surface area contributed by atoms with Crippen LogP contribution in [-0.2, 0) is 4.79 Å². The van der Waals surface area contributed by atoms with Gasteiger partial charge in [0.15, 0.2) is 11.7 Å². The van der Waals surface area contributed by atoms with Crippen molar-refractivity contribution in [3.05, 3.63) is 58.6 Å². The molecule has 5 nitrogen and oxygen atoms in total. The average Bonchev–Trinajstić information content (AvgIpc) is 2.54. The molecule has 0 heterocycles. The van der Waals surface area contributed by atoms with Crippen molar-refractivity contribution >= 4 is 40.5 Å². The third kappa shape index (κ3) is 5.23. The molecule has 0 unspecified atom stereocenters. The fourth-order valence-electron chi connectivity index (χ4n) is 1.87. The first kappa shape index (κ1) is 17.7. The molecular formula is C17H14ClN3O2S. The lowest BCUT2D eigenvalue weighted by molar-refractivity contribution is -0.121. The molecule has 0 saturated heterocycles. The summed E-state index contributed by atoms with van der Waals surface area (Å²) in [7, 11) is 0. The maximum Gasteiger partial charge on any atom is 0.264 e. The van der Waals surface area contributed by atoms with Crippen LogP contribution in [0.3, 0.4) is 0 Å². The van der Waals surface area contributed by atoms with Crippen LogP contribution in [0.25, 0.3) is 0 Å². The maximum atomic E-state index is 11.9. The highest BCUT2D eigenvalue weighted by Gasteiger charge is 2.08. The molecule has 0 saturated carbocycles. The average molecular weight is 360 g/mol. The highest BCUT2D eigenvalue weighted by molar-refractivity contribution is 7.80. The van der Waals surface area contributed by atoms with Gasteiger partial charge >= 0.3 is 0 Å². The van der Waals surface area contributed by atoms with Gasteiger partial charge in [-0.3, -0.25) is 10.1 Å². The Labute approximate surface area is 150 Å². The molecule has 0 fully saturated rings. The number of benzene rings is 2. The minimum atomic E-state index is -0.379. The van der Waals surface area contributed by atoms with Crippen LogP contribution in [0.5, 0.6) is 5.75 Å². The SMILES string of the molecule is Cc1cc(Cl)ccc1OCC(=O)NC(=S)Nc1ccc(C#N)cc1. The van der Waals surface area contributed by atoms with Gasteiger partial charge < -0.3 is 10.1 Å². The summed E-state index contributed by atoms with van der Waals surface area (Å²) in [6, 6.07) is 13.9. The monoisotopic (exact) mass is 359 g/mol. The van der Waals surface area contributed by atoms with Crippen molar-refractivity contribution in [2.24, 2.45) is 0 Å². The van der Waals surface area contributed by atoms with Crippen LogP contribution in [0.1, 0.15) is 11.1 Å². The third-order valence-corrected chi connectivity index (χ3v) is 3.46. The molecule has 0 radical (unpaired) electrons. The number of rotatable bonds is 4. The summed E-state index contributed by atoms with van der Waals surface area (Å²) in [4.78, 5) is 11.9. The molecule has 2 aromatic rings. The third-order valence-electron chi connectivity index (χ3n) is 3.02. The van der Waals surface area contributed by atoms with E-state index in [-0.39, 0.29) is 17.6 Å². The van der Waals surface area contributed by atoms with E-state index in [0.717, 1.165) is 5.56 Å². The van der Waals surface area contributed by atoms with Gasteiger partial charge in [0.05, 0.1) is 11.6 Å². The summed E-state index contributed by atoms with van der Waals surface area (Å²) in [6.45, 7) is 1.67. The number of carbonyl (C=O) groups is 1. The number of amides is 1. The minimum absolute atomic E-state index is 0.154.